The molecule has 14 rings (SSSR count). The lowest BCUT2D eigenvalue weighted by molar-refractivity contribution is 0.568. The summed E-state index contributed by atoms with van der Waals surface area (Å²) in [6.45, 7) is 28.1. The Labute approximate surface area is 508 Å². The summed E-state index contributed by atoms with van der Waals surface area (Å²) in [5, 5.41) is 2.37. The molecule has 2 aromatic heterocycles. The van der Waals surface area contributed by atoms with Gasteiger partial charge in [0.05, 0.1) is 28.1 Å². The van der Waals surface area contributed by atoms with Crippen LogP contribution in [0.1, 0.15) is 105 Å². The molecular weight excluding hydrogens is 1040 g/mol. The van der Waals surface area contributed by atoms with Crippen molar-refractivity contribution >= 4 is 79.0 Å². The average molecular weight is 1120 g/mol. The number of rotatable bonds is 7. The van der Waals surface area contributed by atoms with Crippen molar-refractivity contribution in [3.63, 3.8) is 0 Å². The molecule has 0 fully saturated rings. The van der Waals surface area contributed by atoms with Gasteiger partial charge in [-0.3, -0.25) is 0 Å². The maximum atomic E-state index is 5.36. The maximum absolute atomic E-state index is 5.36. The van der Waals surface area contributed by atoms with Crippen LogP contribution in [0, 0.1) is 0 Å². The summed E-state index contributed by atoms with van der Waals surface area (Å²) >= 11 is 0. The molecule has 0 bridgehead atoms. The summed E-state index contributed by atoms with van der Waals surface area (Å²) in [4.78, 5) is 15.8. The first-order valence-electron chi connectivity index (χ1n) is 30.6. The Balaban J connectivity index is 1.03. The van der Waals surface area contributed by atoms with Crippen molar-refractivity contribution in [2.75, 3.05) is 9.80 Å². The Morgan fingerprint density at radius 1 is 0.314 bits per heavy atom. The standard InChI is InChI=1S/C80H74BN5/c1-77(2,3)55-44-56(78(4,5)6)47-59(46-55)84-71-37-25-21-33-64(71)81-65-34-22-26-38-72(65)85(60-48-57(79(7,8)9)45-58(49-60)80(10,11)12)74-43-54(42-73(84)75(74)81)53-39-40-70-63(41-53)61-31-19-23-35-68(61)86(70)69-36-24-20-32-62(69)67-50-66(51-27-15-13-16-28-51)82-76(83-67)52-29-17-14-18-30-52/h13-50H,1-12H3. The molecule has 0 atom stereocenters. The molecule has 0 unspecified atom stereocenters. The van der Waals surface area contributed by atoms with Gasteiger partial charge in [-0.15, -0.1) is 0 Å². The van der Waals surface area contributed by atoms with Gasteiger partial charge in [-0.25, -0.2) is 9.97 Å². The van der Waals surface area contributed by atoms with Crippen LogP contribution >= 0.6 is 0 Å². The molecule has 10 aromatic carbocycles. The summed E-state index contributed by atoms with van der Waals surface area (Å²) < 4.78 is 2.44. The highest BCUT2D eigenvalue weighted by atomic mass is 15.2. The van der Waals surface area contributed by atoms with E-state index in [0.29, 0.717) is 5.82 Å². The quantitative estimate of drug-likeness (QED) is 0.149. The fourth-order valence-corrected chi connectivity index (χ4v) is 13.2. The van der Waals surface area contributed by atoms with Crippen molar-refractivity contribution in [2.45, 2.75) is 105 Å². The topological polar surface area (TPSA) is 37.2 Å². The molecule has 4 heterocycles. The van der Waals surface area contributed by atoms with Gasteiger partial charge in [-0.2, -0.15) is 0 Å². The molecule has 86 heavy (non-hydrogen) atoms. The minimum atomic E-state index is -0.0895. The molecule has 422 valence electrons. The number of hydrogen-bond donors (Lipinski definition) is 0. The molecule has 5 nitrogen and oxygen atoms in total. The van der Waals surface area contributed by atoms with Crippen LogP contribution < -0.4 is 26.2 Å². The number of nitrogens with zero attached hydrogens (tertiary/aromatic N) is 5. The van der Waals surface area contributed by atoms with E-state index in [4.69, 9.17) is 9.97 Å². The van der Waals surface area contributed by atoms with E-state index in [-0.39, 0.29) is 28.4 Å². The second-order valence-corrected chi connectivity index (χ2v) is 28.0. The van der Waals surface area contributed by atoms with Gasteiger partial charge in [0.2, 0.25) is 0 Å². The third-order valence-electron chi connectivity index (χ3n) is 18.0. The monoisotopic (exact) mass is 1120 g/mol. The van der Waals surface area contributed by atoms with Gasteiger partial charge in [-0.05, 0) is 150 Å². The summed E-state index contributed by atoms with van der Waals surface area (Å²) in [5.41, 5.74) is 26.4. The molecule has 0 saturated carbocycles. The van der Waals surface area contributed by atoms with Crippen LogP contribution in [0.3, 0.4) is 0 Å². The molecule has 0 saturated heterocycles. The second-order valence-electron chi connectivity index (χ2n) is 28.0. The Bertz CT molecular complexity index is 4370. The fourth-order valence-electron chi connectivity index (χ4n) is 13.2. The molecule has 0 spiro atoms. The van der Waals surface area contributed by atoms with Crippen LogP contribution in [0.25, 0.3) is 72.5 Å². The SMILES string of the molecule is CC(C)(C)c1cc(N2c3ccccc3B3c4ccccc4N(c4cc(C(C)(C)C)cc(C(C)(C)C)c4)c4cc(-c5ccc6c(c5)c5ccccc5n6-c5ccccc5-c5cc(-c6ccccc6)nc(-c6ccccc6)n5)cc2c43)cc(C(C)(C)C)c1. The van der Waals surface area contributed by atoms with Crippen LogP contribution in [-0.2, 0) is 21.7 Å². The van der Waals surface area contributed by atoms with Crippen LogP contribution in [0.4, 0.5) is 34.1 Å². The van der Waals surface area contributed by atoms with Gasteiger partial charge >= 0.3 is 0 Å². The highest BCUT2D eigenvalue weighted by Gasteiger charge is 2.44. The average Bonchev–Trinajstić information content (AvgIpc) is 0.886. The van der Waals surface area contributed by atoms with Crippen molar-refractivity contribution in [3.05, 3.63) is 253 Å². The molecule has 0 aliphatic carbocycles. The van der Waals surface area contributed by atoms with E-state index in [1.54, 1.807) is 0 Å². The van der Waals surface area contributed by atoms with Crippen LogP contribution in [0.5, 0.6) is 0 Å². The van der Waals surface area contributed by atoms with Gasteiger partial charge in [0.25, 0.3) is 6.71 Å². The highest BCUT2D eigenvalue weighted by Crippen LogP contribution is 2.49. The third kappa shape index (κ3) is 9.42. The maximum Gasteiger partial charge on any atom is 0.252 e. The fraction of sp³-hybridized carbons (Fsp3) is 0.200. The molecule has 12 aromatic rings. The minimum Gasteiger partial charge on any atom is -0.311 e. The van der Waals surface area contributed by atoms with E-state index in [9.17, 15) is 0 Å². The van der Waals surface area contributed by atoms with Crippen LogP contribution in [0.2, 0.25) is 0 Å². The molecule has 2 aliphatic rings. The van der Waals surface area contributed by atoms with Crippen molar-refractivity contribution in [3.8, 4) is 50.7 Å². The zero-order valence-corrected chi connectivity index (χ0v) is 51.8. The summed E-state index contributed by atoms with van der Waals surface area (Å²) in [6.07, 6.45) is 0. The minimum absolute atomic E-state index is 0.0160. The summed E-state index contributed by atoms with van der Waals surface area (Å²) in [5.74, 6) is 0.691. The highest BCUT2D eigenvalue weighted by molar-refractivity contribution is 7.00. The molecule has 2 aliphatic heterocycles. The normalized spacial score (nSPS) is 13.3. The van der Waals surface area contributed by atoms with E-state index >= 15 is 0 Å². The third-order valence-corrected chi connectivity index (χ3v) is 18.0. The number of anilines is 6. The number of benzene rings is 10. The van der Waals surface area contributed by atoms with E-state index in [1.807, 2.05) is 6.07 Å². The summed E-state index contributed by atoms with van der Waals surface area (Å²) in [7, 11) is 0. The first-order chi connectivity index (χ1) is 41.2. The second kappa shape index (κ2) is 20.2. The van der Waals surface area contributed by atoms with E-state index in [2.05, 4.69) is 322 Å². The Hall–Kier alpha value is -9.26. The molecule has 0 N–H and O–H groups in total. The van der Waals surface area contributed by atoms with E-state index < -0.39 is 0 Å². The molecule has 0 amide bonds. The first-order valence-corrected chi connectivity index (χ1v) is 30.6. The Kier molecular flexibility index (Phi) is 12.8. The lowest BCUT2D eigenvalue weighted by atomic mass is 9.33. The molecule has 6 heteroatoms. The van der Waals surface area contributed by atoms with Crippen molar-refractivity contribution in [1.29, 1.82) is 0 Å². The van der Waals surface area contributed by atoms with Crippen LogP contribution in [0.15, 0.2) is 231 Å². The van der Waals surface area contributed by atoms with Gasteiger partial charge in [0.1, 0.15) is 0 Å². The lowest BCUT2D eigenvalue weighted by Gasteiger charge is -2.45. The predicted molar refractivity (Wildman–Crippen MR) is 367 cm³/mol. The Morgan fingerprint density at radius 2 is 0.756 bits per heavy atom. The van der Waals surface area contributed by atoms with E-state index in [0.717, 1.165) is 55.9 Å². The van der Waals surface area contributed by atoms with Crippen molar-refractivity contribution < 1.29 is 0 Å². The number of aromatic nitrogens is 3. The molecular formula is C80H74BN5. The van der Waals surface area contributed by atoms with Gasteiger partial charge < -0.3 is 14.4 Å². The lowest BCUT2D eigenvalue weighted by Crippen LogP contribution is -2.61. The summed E-state index contributed by atoms with van der Waals surface area (Å²) in [6, 6.07) is 85.9. The number of hydrogen-bond acceptors (Lipinski definition) is 4. The van der Waals surface area contributed by atoms with Gasteiger partial charge in [-0.1, -0.05) is 235 Å². The van der Waals surface area contributed by atoms with E-state index in [1.165, 1.54) is 83.5 Å². The molecule has 0 radical (unpaired) electrons. The van der Waals surface area contributed by atoms with Gasteiger partial charge in [0.15, 0.2) is 5.82 Å². The zero-order valence-electron chi connectivity index (χ0n) is 51.8. The number of para-hydroxylation sites is 4. The van der Waals surface area contributed by atoms with Crippen molar-refractivity contribution in [1.82, 2.24) is 14.5 Å². The largest absolute Gasteiger partial charge is 0.311 e. The zero-order chi connectivity index (χ0) is 59.6. The van der Waals surface area contributed by atoms with Crippen LogP contribution in [-0.4, -0.2) is 21.2 Å². The number of fused-ring (bicyclic) bond motifs is 7. The Morgan fingerprint density at radius 3 is 1.29 bits per heavy atom. The van der Waals surface area contributed by atoms with Crippen molar-refractivity contribution in [2.24, 2.45) is 0 Å². The predicted octanol–water partition coefficient (Wildman–Crippen LogP) is 19.5. The smallest absolute Gasteiger partial charge is 0.252 e. The van der Waals surface area contributed by atoms with Gasteiger partial charge in [0, 0.05) is 61.6 Å². The first kappa shape index (κ1) is 54.7.